The summed E-state index contributed by atoms with van der Waals surface area (Å²) in [4.78, 5) is 25.9. The van der Waals surface area contributed by atoms with Crippen molar-refractivity contribution in [3.63, 3.8) is 0 Å². The largest absolute Gasteiger partial charge is 0.481 e. The van der Waals surface area contributed by atoms with Crippen molar-refractivity contribution in [3.05, 3.63) is 30.0 Å². The summed E-state index contributed by atoms with van der Waals surface area (Å²) in [6, 6.07) is 0. The van der Waals surface area contributed by atoms with Gasteiger partial charge >= 0.3 is 5.97 Å². The Hall–Kier alpha value is -1.66. The zero-order valence-electron chi connectivity index (χ0n) is 12.5. The standard InChI is InChI=1S/C16H18ClNO5/c17-15(21)10-8-22-16(18-10)14-9(11-6-7-12(14)23-11)4-2-1-3-5-13(19)20/h1-2,8-9,11-12,14H,3-7H2,(H,19,20)/b2-1-/t9-,11-,12+,14-/m0/s1. The number of carboxylic acid groups (broad SMARTS) is 1. The van der Waals surface area contributed by atoms with Gasteiger partial charge in [-0.05, 0) is 37.3 Å². The summed E-state index contributed by atoms with van der Waals surface area (Å²) < 4.78 is 11.4. The minimum absolute atomic E-state index is 0.0163. The highest BCUT2D eigenvalue weighted by atomic mass is 35.5. The minimum atomic E-state index is -0.797. The van der Waals surface area contributed by atoms with E-state index in [4.69, 9.17) is 25.9 Å². The molecule has 3 heterocycles. The van der Waals surface area contributed by atoms with Crippen LogP contribution in [-0.4, -0.2) is 33.5 Å². The van der Waals surface area contributed by atoms with E-state index in [1.165, 1.54) is 6.26 Å². The van der Waals surface area contributed by atoms with E-state index in [0.29, 0.717) is 12.3 Å². The van der Waals surface area contributed by atoms with Crippen LogP contribution in [0, 0.1) is 5.92 Å². The number of aromatic nitrogens is 1. The highest BCUT2D eigenvalue weighted by Crippen LogP contribution is 2.50. The first-order valence-corrected chi connectivity index (χ1v) is 8.11. The molecule has 6 nitrogen and oxygen atoms in total. The third-order valence-electron chi connectivity index (χ3n) is 4.53. The predicted octanol–water partition coefficient (Wildman–Crippen LogP) is 3.13. The average Bonchev–Trinajstić information content (AvgIpc) is 3.21. The lowest BCUT2D eigenvalue weighted by molar-refractivity contribution is -0.136. The van der Waals surface area contributed by atoms with Gasteiger partial charge in [-0.3, -0.25) is 9.59 Å². The summed E-state index contributed by atoms with van der Waals surface area (Å²) in [6.07, 6.45) is 8.80. The molecule has 0 saturated carbocycles. The summed E-state index contributed by atoms with van der Waals surface area (Å²) in [5, 5.41) is 8.00. The molecule has 1 N–H and O–H groups in total. The topological polar surface area (TPSA) is 89.6 Å². The second-order valence-corrected chi connectivity index (χ2v) is 6.31. The molecule has 0 spiro atoms. The minimum Gasteiger partial charge on any atom is -0.481 e. The van der Waals surface area contributed by atoms with Crippen LogP contribution in [0.25, 0.3) is 0 Å². The first-order chi connectivity index (χ1) is 11.1. The molecule has 0 aliphatic carbocycles. The Balaban J connectivity index is 1.67. The van der Waals surface area contributed by atoms with Crippen LogP contribution in [0.4, 0.5) is 0 Å². The molecule has 2 aliphatic rings. The number of oxazole rings is 1. The molecular formula is C16H18ClNO5. The van der Waals surface area contributed by atoms with Gasteiger partial charge in [0.2, 0.25) is 5.89 Å². The number of halogens is 1. The van der Waals surface area contributed by atoms with Gasteiger partial charge in [0.1, 0.15) is 6.26 Å². The van der Waals surface area contributed by atoms with E-state index in [-0.39, 0.29) is 36.2 Å². The highest BCUT2D eigenvalue weighted by molar-refractivity contribution is 6.67. The molecule has 0 amide bonds. The average molecular weight is 340 g/mol. The van der Waals surface area contributed by atoms with E-state index < -0.39 is 11.2 Å². The van der Waals surface area contributed by atoms with Gasteiger partial charge in [-0.1, -0.05) is 12.2 Å². The van der Waals surface area contributed by atoms with Crippen LogP contribution in [0.15, 0.2) is 22.8 Å². The molecule has 7 heteroatoms. The summed E-state index contributed by atoms with van der Waals surface area (Å²) in [5.74, 6) is -0.0478. The molecule has 0 aromatic carbocycles. The Morgan fingerprint density at radius 2 is 2.13 bits per heavy atom. The van der Waals surface area contributed by atoms with Gasteiger partial charge in [-0.2, -0.15) is 0 Å². The maximum Gasteiger partial charge on any atom is 0.303 e. The van der Waals surface area contributed by atoms with Gasteiger partial charge < -0.3 is 14.3 Å². The summed E-state index contributed by atoms with van der Waals surface area (Å²) in [6.45, 7) is 0. The number of aliphatic carboxylic acids is 1. The van der Waals surface area contributed by atoms with Crippen LogP contribution >= 0.6 is 11.6 Å². The van der Waals surface area contributed by atoms with Crippen molar-refractivity contribution < 1.29 is 23.8 Å². The van der Waals surface area contributed by atoms with Crippen molar-refractivity contribution in [3.8, 4) is 0 Å². The summed E-state index contributed by atoms with van der Waals surface area (Å²) in [5.41, 5.74) is 0.125. The van der Waals surface area contributed by atoms with Crippen molar-refractivity contribution >= 4 is 22.8 Å². The molecule has 2 saturated heterocycles. The molecule has 3 rings (SSSR count). The zero-order chi connectivity index (χ0) is 16.4. The Labute approximate surface area is 138 Å². The molecule has 2 fully saturated rings. The van der Waals surface area contributed by atoms with Crippen LogP contribution in [0.3, 0.4) is 0 Å². The molecule has 124 valence electrons. The van der Waals surface area contributed by atoms with E-state index in [0.717, 1.165) is 19.3 Å². The number of hydrogen-bond donors (Lipinski definition) is 1. The molecule has 23 heavy (non-hydrogen) atoms. The Bertz CT molecular complexity index is 626. The van der Waals surface area contributed by atoms with Crippen molar-refractivity contribution in [1.29, 1.82) is 0 Å². The van der Waals surface area contributed by atoms with Crippen molar-refractivity contribution in [1.82, 2.24) is 4.98 Å². The maximum atomic E-state index is 11.2. The van der Waals surface area contributed by atoms with Gasteiger partial charge in [0, 0.05) is 12.3 Å². The van der Waals surface area contributed by atoms with Crippen molar-refractivity contribution in [2.75, 3.05) is 0 Å². The summed E-state index contributed by atoms with van der Waals surface area (Å²) in [7, 11) is 0. The van der Waals surface area contributed by atoms with Crippen LogP contribution < -0.4 is 0 Å². The molecule has 4 atom stereocenters. The molecular weight excluding hydrogens is 322 g/mol. The van der Waals surface area contributed by atoms with Crippen molar-refractivity contribution in [2.45, 2.75) is 50.2 Å². The highest BCUT2D eigenvalue weighted by Gasteiger charge is 2.51. The van der Waals surface area contributed by atoms with E-state index in [1.807, 2.05) is 12.2 Å². The Morgan fingerprint density at radius 1 is 1.35 bits per heavy atom. The number of fused-ring (bicyclic) bond motifs is 2. The van der Waals surface area contributed by atoms with Gasteiger partial charge in [0.25, 0.3) is 5.24 Å². The SMILES string of the molecule is O=C(O)CC/C=C\C[C@@H]1[C@H](c2nc(C(=O)Cl)co2)[C@H]2CC[C@@H]1O2. The fourth-order valence-corrected chi connectivity index (χ4v) is 3.61. The Morgan fingerprint density at radius 3 is 2.83 bits per heavy atom. The quantitative estimate of drug-likeness (QED) is 0.606. The second-order valence-electron chi connectivity index (χ2n) is 5.96. The summed E-state index contributed by atoms with van der Waals surface area (Å²) >= 11 is 5.43. The Kier molecular flexibility index (Phi) is 4.82. The lowest BCUT2D eigenvalue weighted by Crippen LogP contribution is -2.25. The van der Waals surface area contributed by atoms with E-state index in [9.17, 15) is 9.59 Å². The van der Waals surface area contributed by atoms with Gasteiger partial charge in [0.15, 0.2) is 5.69 Å². The second kappa shape index (κ2) is 6.84. The lowest BCUT2D eigenvalue weighted by atomic mass is 9.77. The molecule has 2 aliphatic heterocycles. The van der Waals surface area contributed by atoms with Crippen LogP contribution in [-0.2, 0) is 9.53 Å². The van der Waals surface area contributed by atoms with Gasteiger partial charge in [-0.15, -0.1) is 0 Å². The number of carbonyl (C=O) groups is 2. The number of carbonyl (C=O) groups excluding carboxylic acids is 1. The van der Waals surface area contributed by atoms with Crippen molar-refractivity contribution in [2.24, 2.45) is 5.92 Å². The molecule has 2 bridgehead atoms. The van der Waals surface area contributed by atoms with E-state index in [1.54, 1.807) is 0 Å². The molecule has 1 aromatic rings. The smallest absolute Gasteiger partial charge is 0.303 e. The normalized spacial score (nSPS) is 29.4. The third-order valence-corrected chi connectivity index (χ3v) is 4.73. The first-order valence-electron chi connectivity index (χ1n) is 7.73. The van der Waals surface area contributed by atoms with Crippen LogP contribution in [0.1, 0.15) is 54.4 Å². The van der Waals surface area contributed by atoms with E-state index >= 15 is 0 Å². The predicted molar refractivity (Wildman–Crippen MR) is 81.4 cm³/mol. The zero-order valence-corrected chi connectivity index (χ0v) is 13.2. The van der Waals surface area contributed by atoms with Gasteiger partial charge in [0.05, 0.1) is 18.1 Å². The maximum absolute atomic E-state index is 11.2. The fraction of sp³-hybridized carbons (Fsp3) is 0.562. The number of ether oxygens (including phenoxy) is 1. The van der Waals surface area contributed by atoms with Gasteiger partial charge in [-0.25, -0.2) is 4.98 Å². The molecule has 0 radical (unpaired) electrons. The van der Waals surface area contributed by atoms with Crippen LogP contribution in [0.5, 0.6) is 0 Å². The number of nitrogens with zero attached hydrogens (tertiary/aromatic N) is 1. The van der Waals surface area contributed by atoms with Crippen LogP contribution in [0.2, 0.25) is 0 Å². The van der Waals surface area contributed by atoms with E-state index in [2.05, 4.69) is 4.98 Å². The number of rotatable bonds is 7. The fourth-order valence-electron chi connectivity index (χ4n) is 3.52. The number of allylic oxidation sites excluding steroid dienone is 2. The number of hydrogen-bond acceptors (Lipinski definition) is 5. The number of carboxylic acids is 1. The third kappa shape index (κ3) is 3.48. The monoisotopic (exact) mass is 339 g/mol. The molecule has 0 unspecified atom stereocenters. The molecule has 1 aromatic heterocycles. The lowest BCUT2D eigenvalue weighted by Gasteiger charge is -2.24. The first kappa shape index (κ1) is 16.2.